The molecule has 194 valence electrons. The lowest BCUT2D eigenvalue weighted by atomic mass is 9.81. The molecule has 0 radical (unpaired) electrons. The van der Waals surface area contributed by atoms with E-state index < -0.39 is 30.1 Å². The highest BCUT2D eigenvalue weighted by molar-refractivity contribution is 5.86. The van der Waals surface area contributed by atoms with Crippen LogP contribution >= 0.6 is 0 Å². The Bertz CT molecular complexity index is 884. The Morgan fingerprint density at radius 2 is 2.03 bits per heavy atom. The first-order valence-corrected chi connectivity index (χ1v) is 12.4. The van der Waals surface area contributed by atoms with Gasteiger partial charge in [-0.1, -0.05) is 43.7 Å². The predicted molar refractivity (Wildman–Crippen MR) is 135 cm³/mol. The van der Waals surface area contributed by atoms with Crippen molar-refractivity contribution in [3.63, 3.8) is 0 Å². The number of carbonyl (C=O) groups is 2. The second-order valence-corrected chi connectivity index (χ2v) is 9.20. The van der Waals surface area contributed by atoms with Crippen molar-refractivity contribution in [1.82, 2.24) is 10.6 Å². The van der Waals surface area contributed by atoms with E-state index in [1.54, 1.807) is 19.1 Å². The number of allylic oxidation sites excluding steroid dienone is 4. The van der Waals surface area contributed by atoms with Gasteiger partial charge in [0.15, 0.2) is 11.5 Å². The number of rotatable bonds is 15. The van der Waals surface area contributed by atoms with E-state index in [2.05, 4.69) is 29.7 Å². The number of carbonyl (C=O) groups excluding carboxylic acids is 1. The number of phenols is 1. The number of carboxylic acid groups (broad SMARTS) is 1. The van der Waals surface area contributed by atoms with Crippen LogP contribution in [0.5, 0.6) is 11.5 Å². The first kappa shape index (κ1) is 28.4. The molecular weight excluding hydrogens is 448 g/mol. The number of aromatic hydroxyl groups is 1. The highest BCUT2D eigenvalue weighted by atomic mass is 16.5. The van der Waals surface area contributed by atoms with Gasteiger partial charge in [-0.05, 0) is 68.7 Å². The molecule has 1 aliphatic rings. The van der Waals surface area contributed by atoms with E-state index in [0.717, 1.165) is 18.4 Å². The Morgan fingerprint density at radius 3 is 2.63 bits per heavy atom. The topological polar surface area (TPSA) is 128 Å². The Hall–Kier alpha value is -2.84. The molecule has 1 aliphatic carbocycles. The Morgan fingerprint density at radius 1 is 1.26 bits per heavy atom. The van der Waals surface area contributed by atoms with Gasteiger partial charge in [-0.25, -0.2) is 0 Å². The summed E-state index contributed by atoms with van der Waals surface area (Å²) in [6, 6.07) is 3.77. The van der Waals surface area contributed by atoms with Crippen molar-refractivity contribution in [1.29, 1.82) is 0 Å². The summed E-state index contributed by atoms with van der Waals surface area (Å²) in [5.41, 5.74) is 0.912. The fraction of sp³-hybridized carbons (Fsp3) is 0.556. The van der Waals surface area contributed by atoms with Crippen LogP contribution in [0.2, 0.25) is 0 Å². The summed E-state index contributed by atoms with van der Waals surface area (Å²) in [7, 11) is 1.49. The first-order valence-electron chi connectivity index (χ1n) is 12.4. The molecule has 0 saturated carbocycles. The van der Waals surface area contributed by atoms with Crippen LogP contribution in [0.4, 0.5) is 0 Å². The van der Waals surface area contributed by atoms with Crippen LogP contribution in [0, 0.1) is 11.8 Å². The summed E-state index contributed by atoms with van der Waals surface area (Å²) >= 11 is 0. The van der Waals surface area contributed by atoms with E-state index in [1.165, 1.54) is 7.11 Å². The quantitative estimate of drug-likeness (QED) is 0.240. The van der Waals surface area contributed by atoms with Gasteiger partial charge < -0.3 is 30.7 Å². The highest BCUT2D eigenvalue weighted by Crippen LogP contribution is 2.29. The zero-order valence-electron chi connectivity index (χ0n) is 20.9. The number of aliphatic carboxylic acids is 1. The van der Waals surface area contributed by atoms with Gasteiger partial charge in [0.2, 0.25) is 5.91 Å². The molecule has 1 unspecified atom stereocenters. The molecule has 1 aromatic rings. The van der Waals surface area contributed by atoms with Gasteiger partial charge >= 0.3 is 5.97 Å². The fourth-order valence-corrected chi connectivity index (χ4v) is 4.42. The number of carboxylic acids is 1. The number of aryl methyl sites for hydroxylation is 1. The van der Waals surface area contributed by atoms with Crippen molar-refractivity contribution in [3.8, 4) is 11.5 Å². The SMILES string of the molecule is CC[C@H](C[C@@H](O)[C@@H](C)NC(=O)[C@H](CC(=O)O)NCCCc1ccc(OC)c(O)c1)C1C=CC=CC1. The summed E-state index contributed by atoms with van der Waals surface area (Å²) in [5, 5.41) is 35.7. The lowest BCUT2D eigenvalue weighted by Crippen LogP contribution is -2.51. The fourth-order valence-electron chi connectivity index (χ4n) is 4.42. The van der Waals surface area contributed by atoms with Gasteiger partial charge in [0.1, 0.15) is 0 Å². The number of methoxy groups -OCH3 is 1. The zero-order valence-corrected chi connectivity index (χ0v) is 20.9. The molecule has 8 heteroatoms. The summed E-state index contributed by atoms with van der Waals surface area (Å²) in [6.07, 6.45) is 11.0. The van der Waals surface area contributed by atoms with Crippen molar-refractivity contribution in [2.45, 2.75) is 70.6 Å². The van der Waals surface area contributed by atoms with Gasteiger partial charge in [-0.3, -0.25) is 9.59 Å². The molecule has 5 atom stereocenters. The van der Waals surface area contributed by atoms with Crippen LogP contribution in [0.25, 0.3) is 0 Å². The molecule has 0 heterocycles. The second kappa shape index (κ2) is 14.5. The van der Waals surface area contributed by atoms with Crippen molar-refractivity contribution < 1.29 is 29.6 Å². The molecule has 0 bridgehead atoms. The maximum absolute atomic E-state index is 12.8. The van der Waals surface area contributed by atoms with Crippen LogP contribution in [0.3, 0.4) is 0 Å². The van der Waals surface area contributed by atoms with Crippen molar-refractivity contribution in [2.24, 2.45) is 11.8 Å². The summed E-state index contributed by atoms with van der Waals surface area (Å²) in [4.78, 5) is 24.1. The third kappa shape index (κ3) is 9.38. The minimum Gasteiger partial charge on any atom is -0.504 e. The second-order valence-electron chi connectivity index (χ2n) is 9.20. The maximum Gasteiger partial charge on any atom is 0.305 e. The number of hydrogen-bond donors (Lipinski definition) is 5. The van der Waals surface area contributed by atoms with Crippen molar-refractivity contribution >= 4 is 11.9 Å². The molecule has 2 rings (SSSR count). The molecule has 5 N–H and O–H groups in total. The third-order valence-corrected chi connectivity index (χ3v) is 6.61. The van der Waals surface area contributed by atoms with Gasteiger partial charge in [0.25, 0.3) is 0 Å². The molecular formula is C27H40N2O6. The number of benzene rings is 1. The molecule has 8 nitrogen and oxygen atoms in total. The lowest BCUT2D eigenvalue weighted by Gasteiger charge is -2.29. The average Bonchev–Trinajstić information content (AvgIpc) is 2.84. The molecule has 0 spiro atoms. The number of amides is 1. The average molecular weight is 489 g/mol. The van der Waals surface area contributed by atoms with Gasteiger partial charge in [-0.15, -0.1) is 0 Å². The van der Waals surface area contributed by atoms with E-state index >= 15 is 0 Å². The van der Waals surface area contributed by atoms with E-state index in [9.17, 15) is 24.9 Å². The molecule has 0 fully saturated rings. The largest absolute Gasteiger partial charge is 0.504 e. The van der Waals surface area contributed by atoms with Gasteiger partial charge in [0.05, 0.1) is 31.7 Å². The first-order chi connectivity index (χ1) is 16.7. The molecule has 0 aromatic heterocycles. The summed E-state index contributed by atoms with van der Waals surface area (Å²) in [5.74, 6) is -0.371. The number of aliphatic hydroxyl groups excluding tert-OH is 1. The lowest BCUT2D eigenvalue weighted by molar-refractivity contribution is -0.140. The predicted octanol–water partition coefficient (Wildman–Crippen LogP) is 3.18. The number of ether oxygens (including phenoxy) is 1. The zero-order chi connectivity index (χ0) is 25.8. The Balaban J connectivity index is 1.85. The molecule has 0 saturated heterocycles. The maximum atomic E-state index is 12.8. The molecule has 35 heavy (non-hydrogen) atoms. The standard InChI is InChI=1S/C27H40N2O6/c1-4-20(21-10-6-5-7-11-21)16-23(30)18(2)29-27(34)22(17-26(32)33)28-14-8-9-19-12-13-25(35-3)24(31)15-19/h5-7,10,12-13,15,18,20-23,28,30-31H,4,8-9,11,14,16-17H2,1-3H3,(H,29,34)(H,32,33)/t18-,20-,21?,22+,23-/m1/s1. The van der Waals surface area contributed by atoms with E-state index in [4.69, 9.17) is 4.74 Å². The van der Waals surface area contributed by atoms with Crippen LogP contribution < -0.4 is 15.4 Å². The minimum absolute atomic E-state index is 0.0647. The van der Waals surface area contributed by atoms with E-state index in [-0.39, 0.29) is 12.2 Å². The van der Waals surface area contributed by atoms with Crippen LogP contribution in [-0.4, -0.2) is 59.0 Å². The smallest absolute Gasteiger partial charge is 0.305 e. The van der Waals surface area contributed by atoms with Gasteiger partial charge in [0, 0.05) is 0 Å². The normalized spacial score (nSPS) is 18.5. The highest BCUT2D eigenvalue weighted by Gasteiger charge is 2.27. The Labute approximate surface area is 208 Å². The van der Waals surface area contributed by atoms with Crippen LogP contribution in [0.1, 0.15) is 51.5 Å². The minimum atomic E-state index is -1.07. The number of hydrogen-bond acceptors (Lipinski definition) is 6. The van der Waals surface area contributed by atoms with Crippen molar-refractivity contribution in [3.05, 3.63) is 48.1 Å². The summed E-state index contributed by atoms with van der Waals surface area (Å²) < 4.78 is 5.04. The third-order valence-electron chi connectivity index (χ3n) is 6.61. The molecule has 0 aliphatic heterocycles. The number of phenolic OH excluding ortho intramolecular Hbond substituents is 1. The van der Waals surface area contributed by atoms with Crippen LogP contribution in [0.15, 0.2) is 42.5 Å². The summed E-state index contributed by atoms with van der Waals surface area (Å²) in [6.45, 7) is 4.28. The van der Waals surface area contributed by atoms with E-state index in [0.29, 0.717) is 43.4 Å². The molecule has 1 amide bonds. The van der Waals surface area contributed by atoms with E-state index in [1.807, 2.05) is 18.2 Å². The monoisotopic (exact) mass is 488 g/mol. The Kier molecular flexibility index (Phi) is 11.8. The number of aliphatic hydroxyl groups is 1. The van der Waals surface area contributed by atoms with Gasteiger partial charge in [-0.2, -0.15) is 0 Å². The molecule has 1 aromatic carbocycles. The van der Waals surface area contributed by atoms with Crippen molar-refractivity contribution in [2.75, 3.05) is 13.7 Å². The van der Waals surface area contributed by atoms with Crippen LogP contribution in [-0.2, 0) is 16.0 Å². The number of nitrogens with one attached hydrogen (secondary N) is 2.